The maximum atomic E-state index is 13.6. The Labute approximate surface area is 291 Å². The third kappa shape index (κ3) is 8.94. The van der Waals surface area contributed by atoms with Crippen LogP contribution in [0.25, 0.3) is 0 Å². The molecule has 0 saturated carbocycles. The van der Waals surface area contributed by atoms with Gasteiger partial charge in [-0.25, -0.2) is 9.59 Å². The highest BCUT2D eigenvalue weighted by atomic mass is 16.8. The van der Waals surface area contributed by atoms with Crippen molar-refractivity contribution in [3.05, 3.63) is 128 Å². The Morgan fingerprint density at radius 1 is 0.860 bits per heavy atom. The second kappa shape index (κ2) is 16.1. The van der Waals surface area contributed by atoms with E-state index in [9.17, 15) is 19.7 Å². The highest BCUT2D eigenvalue weighted by molar-refractivity contribution is 5.99. The molecule has 0 aromatic heterocycles. The number of carbonyl (C=O) groups excluding carboxylic acids is 2. The van der Waals surface area contributed by atoms with Crippen molar-refractivity contribution in [1.82, 2.24) is 5.32 Å². The lowest BCUT2D eigenvalue weighted by Gasteiger charge is -2.30. The Morgan fingerprint density at radius 2 is 1.52 bits per heavy atom. The summed E-state index contributed by atoms with van der Waals surface area (Å²) in [5.74, 6) is -2.34. The fourth-order valence-corrected chi connectivity index (χ4v) is 6.12. The molecule has 1 saturated heterocycles. The van der Waals surface area contributed by atoms with E-state index in [-0.39, 0.29) is 42.3 Å². The predicted octanol–water partition coefficient (Wildman–Crippen LogP) is 5.90. The fraction of sp³-hybridized carbons (Fsp3) is 0.368. The molecule has 5 rings (SSSR count). The number of hydrogen-bond donors (Lipinski definition) is 1. The zero-order valence-electron chi connectivity index (χ0n) is 28.8. The third-order valence-electron chi connectivity index (χ3n) is 8.44. The van der Waals surface area contributed by atoms with Crippen LogP contribution in [0, 0.1) is 10.1 Å². The van der Waals surface area contributed by atoms with Gasteiger partial charge in [0, 0.05) is 29.9 Å². The number of allylic oxidation sites excluding steroid dienone is 2. The van der Waals surface area contributed by atoms with Gasteiger partial charge in [-0.05, 0) is 56.5 Å². The highest BCUT2D eigenvalue weighted by Gasteiger charge is 2.42. The lowest BCUT2D eigenvalue weighted by Crippen LogP contribution is -2.32. The van der Waals surface area contributed by atoms with Crippen molar-refractivity contribution >= 4 is 17.6 Å². The van der Waals surface area contributed by atoms with Gasteiger partial charge in [0.2, 0.25) is 0 Å². The fourth-order valence-electron chi connectivity index (χ4n) is 6.12. The molecule has 2 heterocycles. The summed E-state index contributed by atoms with van der Waals surface area (Å²) in [6.07, 6.45) is -0.197. The zero-order valence-corrected chi connectivity index (χ0v) is 28.8. The molecule has 1 N–H and O–H groups in total. The zero-order chi connectivity index (χ0) is 35.8. The van der Waals surface area contributed by atoms with Gasteiger partial charge >= 0.3 is 11.9 Å². The van der Waals surface area contributed by atoms with Crippen molar-refractivity contribution in [2.24, 2.45) is 0 Å². The van der Waals surface area contributed by atoms with Crippen LogP contribution in [0.2, 0.25) is 0 Å². The average molecular weight is 687 g/mol. The van der Waals surface area contributed by atoms with E-state index in [1.165, 1.54) is 25.3 Å². The first-order valence-corrected chi connectivity index (χ1v) is 16.3. The molecule has 12 heteroatoms. The summed E-state index contributed by atoms with van der Waals surface area (Å²) in [7, 11) is 1.24. The first-order chi connectivity index (χ1) is 24.0. The standard InChI is InChI=1S/C38H42N2O10/c1-24-33(36(41)45-5)35(28-12-9-13-29(20-28)40(43)44)34(25(2)39-24)37(42)47-19-18-26-14-16-30(17-15-26)48-23-32-31(49-38(3,4)50-32)22-46-21-27-10-7-6-8-11-27/h6-17,20,31-32,35,39H,18-19,21-23H2,1-5H3. The van der Waals surface area contributed by atoms with E-state index in [0.717, 1.165) is 11.1 Å². The molecular weight excluding hydrogens is 644 g/mol. The van der Waals surface area contributed by atoms with Crippen molar-refractivity contribution in [3.8, 4) is 5.75 Å². The largest absolute Gasteiger partial charge is 0.491 e. The van der Waals surface area contributed by atoms with E-state index in [0.29, 0.717) is 42.3 Å². The molecule has 0 radical (unpaired) electrons. The molecule has 0 spiro atoms. The van der Waals surface area contributed by atoms with E-state index < -0.39 is 28.6 Å². The van der Waals surface area contributed by atoms with E-state index >= 15 is 0 Å². The molecule has 50 heavy (non-hydrogen) atoms. The van der Waals surface area contributed by atoms with Gasteiger partial charge in [-0.15, -0.1) is 0 Å². The van der Waals surface area contributed by atoms with E-state index in [1.807, 2.05) is 68.4 Å². The summed E-state index contributed by atoms with van der Waals surface area (Å²) in [4.78, 5) is 37.4. The average Bonchev–Trinajstić information content (AvgIpc) is 3.40. The van der Waals surface area contributed by atoms with Gasteiger partial charge in [-0.3, -0.25) is 10.1 Å². The minimum atomic E-state index is -0.928. The quantitative estimate of drug-likeness (QED) is 0.123. The van der Waals surface area contributed by atoms with Gasteiger partial charge in [-0.2, -0.15) is 0 Å². The summed E-state index contributed by atoms with van der Waals surface area (Å²) in [6, 6.07) is 23.2. The number of carbonyl (C=O) groups is 2. The first kappa shape index (κ1) is 36.2. The van der Waals surface area contributed by atoms with Crippen molar-refractivity contribution in [2.75, 3.05) is 26.9 Å². The van der Waals surface area contributed by atoms with E-state index in [1.54, 1.807) is 19.9 Å². The number of benzene rings is 3. The second-order valence-electron chi connectivity index (χ2n) is 12.5. The predicted molar refractivity (Wildman–Crippen MR) is 183 cm³/mol. The van der Waals surface area contributed by atoms with Crippen LogP contribution in [0.4, 0.5) is 5.69 Å². The number of nitro benzene ring substituents is 1. The van der Waals surface area contributed by atoms with Gasteiger partial charge in [0.15, 0.2) is 5.79 Å². The smallest absolute Gasteiger partial charge is 0.336 e. The Kier molecular flexibility index (Phi) is 11.7. The van der Waals surface area contributed by atoms with Crippen LogP contribution in [-0.2, 0) is 46.3 Å². The Balaban J connectivity index is 1.17. The van der Waals surface area contributed by atoms with Crippen molar-refractivity contribution in [2.45, 2.75) is 64.6 Å². The summed E-state index contributed by atoms with van der Waals surface area (Å²) >= 11 is 0. The molecule has 0 bridgehead atoms. The van der Waals surface area contributed by atoms with Gasteiger partial charge in [-0.1, -0.05) is 54.6 Å². The van der Waals surface area contributed by atoms with Gasteiger partial charge in [0.1, 0.15) is 24.6 Å². The minimum Gasteiger partial charge on any atom is -0.491 e. The Morgan fingerprint density at radius 3 is 2.18 bits per heavy atom. The summed E-state index contributed by atoms with van der Waals surface area (Å²) in [5, 5.41) is 14.6. The molecule has 0 amide bonds. The number of esters is 2. The molecular formula is C38H42N2O10. The summed E-state index contributed by atoms with van der Waals surface area (Å²) in [5.41, 5.74) is 3.52. The summed E-state index contributed by atoms with van der Waals surface area (Å²) < 4.78 is 34.8. The molecule has 2 aliphatic rings. The van der Waals surface area contributed by atoms with Crippen LogP contribution in [0.15, 0.2) is 101 Å². The number of ether oxygens (including phenoxy) is 6. The number of dihydropyridines is 1. The molecule has 1 fully saturated rings. The molecule has 12 nitrogen and oxygen atoms in total. The SMILES string of the molecule is COC(=O)C1=C(C)NC(C)=C(C(=O)OCCc2ccc(OCC3OC(C)(C)OC3COCc3ccccc3)cc2)C1c1cccc([N+](=O)[O-])c1. The molecule has 3 aromatic rings. The van der Waals surface area contributed by atoms with E-state index in [2.05, 4.69) is 5.32 Å². The molecule has 3 unspecified atom stereocenters. The lowest BCUT2D eigenvalue weighted by atomic mass is 9.80. The number of nitrogens with one attached hydrogen (secondary N) is 1. The number of non-ortho nitro benzene ring substituents is 1. The van der Waals surface area contributed by atoms with Crippen LogP contribution in [0.5, 0.6) is 5.75 Å². The van der Waals surface area contributed by atoms with Crippen molar-refractivity contribution < 1.29 is 42.9 Å². The van der Waals surface area contributed by atoms with Crippen LogP contribution >= 0.6 is 0 Å². The minimum absolute atomic E-state index is 0.0563. The maximum absolute atomic E-state index is 13.6. The van der Waals surface area contributed by atoms with Gasteiger partial charge < -0.3 is 33.7 Å². The number of methoxy groups -OCH3 is 1. The topological polar surface area (TPSA) is 145 Å². The van der Waals surface area contributed by atoms with Crippen LogP contribution in [0.1, 0.15) is 50.3 Å². The normalized spacial score (nSPS) is 19.9. The molecule has 264 valence electrons. The highest BCUT2D eigenvalue weighted by Crippen LogP contribution is 2.40. The number of nitrogens with zero attached hydrogens (tertiary/aromatic N) is 1. The molecule has 3 aromatic carbocycles. The monoisotopic (exact) mass is 686 g/mol. The molecule has 0 aliphatic carbocycles. The van der Waals surface area contributed by atoms with Gasteiger partial charge in [0.05, 0.1) is 48.9 Å². The third-order valence-corrected chi connectivity index (χ3v) is 8.44. The lowest BCUT2D eigenvalue weighted by molar-refractivity contribution is -0.384. The Hall–Kier alpha value is -5.04. The van der Waals surface area contributed by atoms with Gasteiger partial charge in [0.25, 0.3) is 5.69 Å². The van der Waals surface area contributed by atoms with Crippen LogP contribution < -0.4 is 10.1 Å². The van der Waals surface area contributed by atoms with Crippen LogP contribution in [0.3, 0.4) is 0 Å². The number of rotatable bonds is 14. The van der Waals surface area contributed by atoms with Crippen molar-refractivity contribution in [1.29, 1.82) is 0 Å². The van der Waals surface area contributed by atoms with E-state index in [4.69, 9.17) is 28.4 Å². The second-order valence-corrected chi connectivity index (χ2v) is 12.5. The van der Waals surface area contributed by atoms with Crippen LogP contribution in [-0.4, -0.2) is 61.8 Å². The first-order valence-electron chi connectivity index (χ1n) is 16.3. The maximum Gasteiger partial charge on any atom is 0.336 e. The Bertz CT molecular complexity index is 1750. The molecule has 3 atom stereocenters. The summed E-state index contributed by atoms with van der Waals surface area (Å²) in [6.45, 7) is 8.28. The number of nitro groups is 1. The molecule has 2 aliphatic heterocycles. The number of hydrogen-bond acceptors (Lipinski definition) is 11. The van der Waals surface area contributed by atoms with Crippen molar-refractivity contribution in [3.63, 3.8) is 0 Å².